The molecule has 3 amide bonds. The second kappa shape index (κ2) is 6.48. The summed E-state index contributed by atoms with van der Waals surface area (Å²) in [6, 6.07) is 5.82. The van der Waals surface area contributed by atoms with Gasteiger partial charge in [-0.1, -0.05) is 5.21 Å². The van der Waals surface area contributed by atoms with Gasteiger partial charge >= 0.3 is 6.03 Å². The Hall–Kier alpha value is -3.69. The summed E-state index contributed by atoms with van der Waals surface area (Å²) in [6.07, 6.45) is 3.13. The van der Waals surface area contributed by atoms with Crippen molar-refractivity contribution >= 4 is 17.6 Å². The number of rotatable bonds is 3. The van der Waals surface area contributed by atoms with Crippen LogP contribution in [0, 0.1) is 17.5 Å². The van der Waals surface area contributed by atoms with Crippen LogP contribution in [-0.2, 0) is 4.79 Å². The van der Waals surface area contributed by atoms with Crippen molar-refractivity contribution in [3.8, 4) is 5.69 Å². The largest absolute Gasteiger partial charge is 0.332 e. The minimum Gasteiger partial charge on any atom is -0.311 e. The van der Waals surface area contributed by atoms with Crippen molar-refractivity contribution in [1.29, 1.82) is 0 Å². The number of hydrogen-bond acceptors (Lipinski definition) is 4. The molecule has 0 aliphatic carbocycles. The summed E-state index contributed by atoms with van der Waals surface area (Å²) in [7, 11) is 1.33. The van der Waals surface area contributed by atoms with Crippen molar-refractivity contribution < 1.29 is 22.8 Å². The van der Waals surface area contributed by atoms with Crippen LogP contribution in [0.4, 0.5) is 23.7 Å². The normalized spacial score (nSPS) is 16.9. The molecule has 28 heavy (non-hydrogen) atoms. The summed E-state index contributed by atoms with van der Waals surface area (Å²) in [5.74, 6) is -5.20. The molecular weight excluding hydrogens is 375 g/mol. The first-order chi connectivity index (χ1) is 13.4. The van der Waals surface area contributed by atoms with E-state index in [1.54, 1.807) is 18.3 Å². The Balaban J connectivity index is 1.68. The van der Waals surface area contributed by atoms with Crippen molar-refractivity contribution in [2.45, 2.75) is 6.04 Å². The van der Waals surface area contributed by atoms with Crippen LogP contribution in [0.1, 0.15) is 11.6 Å². The number of amides is 3. The number of anilines is 1. The highest BCUT2D eigenvalue weighted by atomic mass is 19.2. The lowest BCUT2D eigenvalue weighted by atomic mass is 10.1. The zero-order valence-electron chi connectivity index (χ0n) is 14.4. The molecule has 10 heteroatoms. The number of urea groups is 1. The van der Waals surface area contributed by atoms with E-state index < -0.39 is 35.4 Å². The van der Waals surface area contributed by atoms with Crippen molar-refractivity contribution in [2.24, 2.45) is 0 Å². The van der Waals surface area contributed by atoms with E-state index in [0.717, 1.165) is 9.80 Å². The molecule has 0 bridgehead atoms. The molecule has 4 rings (SSSR count). The smallest absolute Gasteiger partial charge is 0.311 e. The maximum Gasteiger partial charge on any atom is 0.332 e. The minimum atomic E-state index is -1.64. The van der Waals surface area contributed by atoms with Crippen LogP contribution >= 0.6 is 0 Å². The highest BCUT2D eigenvalue weighted by Crippen LogP contribution is 2.34. The summed E-state index contributed by atoms with van der Waals surface area (Å²) in [5.41, 5.74) is 0.781. The lowest BCUT2D eigenvalue weighted by Crippen LogP contribution is -2.31. The zero-order valence-corrected chi connectivity index (χ0v) is 14.4. The highest BCUT2D eigenvalue weighted by molar-refractivity contribution is 6.21. The number of nitrogens with zero attached hydrogens (tertiary/aromatic N) is 5. The van der Waals surface area contributed by atoms with Gasteiger partial charge in [0, 0.05) is 7.05 Å². The van der Waals surface area contributed by atoms with Gasteiger partial charge in [0.25, 0.3) is 5.91 Å². The van der Waals surface area contributed by atoms with Gasteiger partial charge in [0.15, 0.2) is 17.5 Å². The summed E-state index contributed by atoms with van der Waals surface area (Å²) < 4.78 is 41.9. The van der Waals surface area contributed by atoms with Crippen molar-refractivity contribution in [3.05, 3.63) is 71.8 Å². The fraction of sp³-hybridized carbons (Fsp3) is 0.111. The molecule has 1 fully saturated rings. The monoisotopic (exact) mass is 387 g/mol. The van der Waals surface area contributed by atoms with E-state index >= 15 is 0 Å². The van der Waals surface area contributed by atoms with Crippen LogP contribution in [0.15, 0.2) is 48.8 Å². The molecule has 3 aromatic rings. The number of imide groups is 1. The van der Waals surface area contributed by atoms with E-state index in [2.05, 4.69) is 10.3 Å². The molecular formula is C18H12F3N5O2. The van der Waals surface area contributed by atoms with Crippen LogP contribution < -0.4 is 4.90 Å². The van der Waals surface area contributed by atoms with E-state index in [0.29, 0.717) is 17.8 Å². The first-order valence-electron chi connectivity index (χ1n) is 8.10. The molecule has 1 aliphatic heterocycles. The van der Waals surface area contributed by atoms with Gasteiger partial charge < -0.3 is 4.90 Å². The summed E-state index contributed by atoms with van der Waals surface area (Å²) in [4.78, 5) is 27.4. The SMILES string of the molecule is CN1C(=O)N(c2ccc(-n3ccnn3)cc2)C(=O)C1c1cc(F)c(F)c(F)c1. The van der Waals surface area contributed by atoms with Crippen LogP contribution in [0.5, 0.6) is 0 Å². The maximum absolute atomic E-state index is 13.6. The summed E-state index contributed by atoms with van der Waals surface area (Å²) >= 11 is 0. The molecule has 0 radical (unpaired) electrons. The van der Waals surface area contributed by atoms with E-state index in [1.165, 1.54) is 30.1 Å². The quantitative estimate of drug-likeness (QED) is 0.512. The van der Waals surface area contributed by atoms with Crippen molar-refractivity contribution in [3.63, 3.8) is 0 Å². The number of carbonyl (C=O) groups is 2. The Labute approximate surface area is 156 Å². The molecule has 1 aromatic heterocycles. The van der Waals surface area contributed by atoms with Crippen LogP contribution in [0.3, 0.4) is 0 Å². The van der Waals surface area contributed by atoms with E-state index in [4.69, 9.17) is 0 Å². The third-order valence-electron chi connectivity index (χ3n) is 4.45. The first-order valence-corrected chi connectivity index (χ1v) is 8.10. The van der Waals surface area contributed by atoms with Crippen molar-refractivity contribution in [1.82, 2.24) is 19.9 Å². The molecule has 1 saturated heterocycles. The van der Waals surface area contributed by atoms with E-state index in [-0.39, 0.29) is 11.3 Å². The molecule has 2 aromatic carbocycles. The molecule has 2 heterocycles. The van der Waals surface area contributed by atoms with Gasteiger partial charge in [0.05, 0.1) is 23.8 Å². The van der Waals surface area contributed by atoms with Gasteiger partial charge in [-0.05, 0) is 42.0 Å². The van der Waals surface area contributed by atoms with Crippen LogP contribution in [0.2, 0.25) is 0 Å². The molecule has 1 unspecified atom stereocenters. The molecule has 0 spiro atoms. The maximum atomic E-state index is 13.6. The second-order valence-corrected chi connectivity index (χ2v) is 6.13. The van der Waals surface area contributed by atoms with Gasteiger partial charge in [-0.2, -0.15) is 0 Å². The minimum absolute atomic E-state index is 0.154. The van der Waals surface area contributed by atoms with Gasteiger partial charge in [-0.25, -0.2) is 27.5 Å². The number of benzene rings is 2. The zero-order chi connectivity index (χ0) is 20.0. The standard InChI is InChI=1S/C18H12F3N5O2/c1-24-16(10-8-13(19)15(21)14(20)9-10)17(27)26(18(24)28)12-4-2-11(3-5-12)25-7-6-22-23-25/h2-9,16H,1H3. The van der Waals surface area contributed by atoms with Gasteiger partial charge in [-0.3, -0.25) is 4.79 Å². The van der Waals surface area contributed by atoms with Gasteiger partial charge in [0.2, 0.25) is 0 Å². The average Bonchev–Trinajstić information content (AvgIpc) is 3.28. The highest BCUT2D eigenvalue weighted by Gasteiger charge is 2.45. The second-order valence-electron chi connectivity index (χ2n) is 6.13. The Morgan fingerprint density at radius 2 is 1.57 bits per heavy atom. The Morgan fingerprint density at radius 1 is 0.964 bits per heavy atom. The number of aromatic nitrogens is 3. The molecule has 1 aliphatic rings. The average molecular weight is 387 g/mol. The molecule has 0 N–H and O–H groups in total. The number of halogens is 3. The van der Waals surface area contributed by atoms with Crippen LogP contribution in [0.25, 0.3) is 5.69 Å². The molecule has 1 atom stereocenters. The molecule has 0 saturated carbocycles. The molecule has 142 valence electrons. The fourth-order valence-corrected chi connectivity index (χ4v) is 3.09. The van der Waals surface area contributed by atoms with Gasteiger partial charge in [-0.15, -0.1) is 5.10 Å². The number of likely N-dealkylation sites (N-methyl/N-ethyl adjacent to an activating group) is 1. The Morgan fingerprint density at radius 3 is 2.14 bits per heavy atom. The van der Waals surface area contributed by atoms with E-state index in [9.17, 15) is 22.8 Å². The summed E-state index contributed by atoms with van der Waals surface area (Å²) in [5, 5.41) is 7.54. The first kappa shape index (κ1) is 17.7. The van der Waals surface area contributed by atoms with E-state index in [1.807, 2.05) is 0 Å². The Kier molecular flexibility index (Phi) is 4.10. The van der Waals surface area contributed by atoms with Crippen LogP contribution in [-0.4, -0.2) is 38.9 Å². The number of carbonyl (C=O) groups excluding carboxylic acids is 2. The molecule has 7 nitrogen and oxygen atoms in total. The predicted molar refractivity (Wildman–Crippen MR) is 91.1 cm³/mol. The predicted octanol–water partition coefficient (Wildman–Crippen LogP) is 2.82. The topological polar surface area (TPSA) is 71.3 Å². The third kappa shape index (κ3) is 2.70. The number of hydrogen-bond donors (Lipinski definition) is 0. The third-order valence-corrected chi connectivity index (χ3v) is 4.45. The fourth-order valence-electron chi connectivity index (χ4n) is 3.09. The van der Waals surface area contributed by atoms with Crippen molar-refractivity contribution in [2.75, 3.05) is 11.9 Å². The summed E-state index contributed by atoms with van der Waals surface area (Å²) in [6.45, 7) is 0. The Bertz CT molecular complexity index is 1050. The lowest BCUT2D eigenvalue weighted by molar-refractivity contribution is -0.119. The lowest BCUT2D eigenvalue weighted by Gasteiger charge is -2.16. The van der Waals surface area contributed by atoms with Gasteiger partial charge in [0.1, 0.15) is 6.04 Å².